The van der Waals surface area contributed by atoms with Gasteiger partial charge in [-0.1, -0.05) is 12.1 Å². The van der Waals surface area contributed by atoms with Crippen LogP contribution in [0.25, 0.3) is 0 Å². The molecule has 0 atom stereocenters. The summed E-state index contributed by atoms with van der Waals surface area (Å²) in [6.45, 7) is 10.4. The van der Waals surface area contributed by atoms with Gasteiger partial charge in [0, 0.05) is 19.6 Å². The minimum absolute atomic E-state index is 0. The molecule has 6 nitrogen and oxygen atoms in total. The highest BCUT2D eigenvalue weighted by molar-refractivity contribution is 14.0. The summed E-state index contributed by atoms with van der Waals surface area (Å²) < 4.78 is 29.1. The second-order valence-corrected chi connectivity index (χ2v) is 9.49. The molecule has 0 aromatic heterocycles. The van der Waals surface area contributed by atoms with Gasteiger partial charge in [-0.2, -0.15) is 0 Å². The number of aliphatic imine (C=N–C) groups is 1. The Bertz CT molecular complexity index is 703. The molecule has 0 aliphatic carbocycles. The van der Waals surface area contributed by atoms with E-state index in [4.69, 9.17) is 9.73 Å². The van der Waals surface area contributed by atoms with Crippen LogP contribution in [0.1, 0.15) is 33.3 Å². The monoisotopic (exact) mass is 495 g/mol. The Morgan fingerprint density at radius 3 is 2.46 bits per heavy atom. The molecule has 148 valence electrons. The molecule has 1 aromatic rings. The largest absolute Gasteiger partial charge is 0.494 e. The zero-order valence-electron chi connectivity index (χ0n) is 16.0. The van der Waals surface area contributed by atoms with Gasteiger partial charge in [-0.15, -0.1) is 24.0 Å². The molecule has 1 fully saturated rings. The highest BCUT2D eigenvalue weighted by atomic mass is 127. The Morgan fingerprint density at radius 2 is 1.92 bits per heavy atom. The summed E-state index contributed by atoms with van der Waals surface area (Å²) in [5, 5.41) is 3.28. The van der Waals surface area contributed by atoms with E-state index in [9.17, 15) is 8.42 Å². The molecule has 0 spiro atoms. The SMILES string of the molecule is CCNC(=NCc1ccc(OCC)cc1)N1CCS(=O)(=O)C(C)(C)C1.I. The topological polar surface area (TPSA) is 71.0 Å². The average molecular weight is 495 g/mol. The third-order valence-corrected chi connectivity index (χ3v) is 6.86. The maximum Gasteiger partial charge on any atom is 0.194 e. The lowest BCUT2D eigenvalue weighted by atomic mass is 10.2. The van der Waals surface area contributed by atoms with Gasteiger partial charge in [0.05, 0.1) is 23.7 Å². The average Bonchev–Trinajstić information content (AvgIpc) is 2.56. The summed E-state index contributed by atoms with van der Waals surface area (Å²) in [6.07, 6.45) is 0. The van der Waals surface area contributed by atoms with Crippen molar-refractivity contribution < 1.29 is 13.2 Å². The van der Waals surface area contributed by atoms with Crippen molar-refractivity contribution in [2.45, 2.75) is 39.0 Å². The number of ether oxygens (including phenoxy) is 1. The summed E-state index contributed by atoms with van der Waals surface area (Å²) in [6, 6.07) is 7.89. The lowest BCUT2D eigenvalue weighted by molar-refractivity contribution is 0.340. The van der Waals surface area contributed by atoms with Gasteiger partial charge >= 0.3 is 0 Å². The van der Waals surface area contributed by atoms with Gasteiger partial charge in [0.2, 0.25) is 0 Å². The summed E-state index contributed by atoms with van der Waals surface area (Å²) in [7, 11) is -3.06. The van der Waals surface area contributed by atoms with Crippen molar-refractivity contribution in [2.24, 2.45) is 4.99 Å². The van der Waals surface area contributed by atoms with E-state index in [1.165, 1.54) is 0 Å². The molecule has 1 N–H and O–H groups in total. The molecule has 2 rings (SSSR count). The predicted molar refractivity (Wildman–Crippen MR) is 117 cm³/mol. The van der Waals surface area contributed by atoms with Crippen molar-refractivity contribution in [3.8, 4) is 5.75 Å². The van der Waals surface area contributed by atoms with Crippen LogP contribution in [0.2, 0.25) is 0 Å². The van der Waals surface area contributed by atoms with Crippen molar-refractivity contribution in [1.29, 1.82) is 0 Å². The molecule has 1 saturated heterocycles. The minimum Gasteiger partial charge on any atom is -0.494 e. The van der Waals surface area contributed by atoms with Crippen molar-refractivity contribution in [3.05, 3.63) is 29.8 Å². The lowest BCUT2D eigenvalue weighted by Crippen LogP contribution is -2.57. The number of guanidine groups is 1. The van der Waals surface area contributed by atoms with E-state index in [2.05, 4.69) is 5.32 Å². The van der Waals surface area contributed by atoms with Gasteiger partial charge in [-0.05, 0) is 45.4 Å². The Labute approximate surface area is 174 Å². The van der Waals surface area contributed by atoms with Crippen LogP contribution in [-0.4, -0.2) is 56.0 Å². The van der Waals surface area contributed by atoms with Gasteiger partial charge in [0.1, 0.15) is 5.75 Å². The molecule has 26 heavy (non-hydrogen) atoms. The van der Waals surface area contributed by atoms with Crippen molar-refractivity contribution >= 4 is 39.8 Å². The summed E-state index contributed by atoms with van der Waals surface area (Å²) in [4.78, 5) is 6.73. The van der Waals surface area contributed by atoms with Crippen molar-refractivity contribution in [2.75, 3.05) is 32.0 Å². The maximum atomic E-state index is 12.2. The van der Waals surface area contributed by atoms with E-state index in [1.807, 2.05) is 43.0 Å². The first kappa shape index (κ1) is 23.0. The fourth-order valence-corrected chi connectivity index (χ4v) is 4.14. The van der Waals surface area contributed by atoms with Crippen LogP contribution in [0.15, 0.2) is 29.3 Å². The number of sulfone groups is 1. The van der Waals surface area contributed by atoms with E-state index in [1.54, 1.807) is 13.8 Å². The van der Waals surface area contributed by atoms with Crippen LogP contribution in [0.5, 0.6) is 5.75 Å². The molecule has 1 aromatic carbocycles. The van der Waals surface area contributed by atoms with E-state index < -0.39 is 14.6 Å². The molecule has 0 saturated carbocycles. The predicted octanol–water partition coefficient (Wildman–Crippen LogP) is 2.68. The number of benzene rings is 1. The fraction of sp³-hybridized carbons (Fsp3) is 0.611. The number of halogens is 1. The molecule has 0 radical (unpaired) electrons. The highest BCUT2D eigenvalue weighted by Gasteiger charge is 2.40. The number of hydrogen-bond acceptors (Lipinski definition) is 4. The third-order valence-electron chi connectivity index (χ3n) is 4.32. The van der Waals surface area contributed by atoms with Crippen LogP contribution in [0.3, 0.4) is 0 Å². The van der Waals surface area contributed by atoms with Gasteiger partial charge in [-0.25, -0.2) is 13.4 Å². The lowest BCUT2D eigenvalue weighted by Gasteiger charge is -2.39. The fourth-order valence-electron chi connectivity index (χ4n) is 2.77. The van der Waals surface area contributed by atoms with Crippen LogP contribution in [-0.2, 0) is 16.4 Å². The Hall–Kier alpha value is -1.03. The third kappa shape index (κ3) is 5.73. The summed E-state index contributed by atoms with van der Waals surface area (Å²) in [5.41, 5.74) is 1.09. The van der Waals surface area contributed by atoms with Crippen LogP contribution < -0.4 is 10.1 Å². The molecule has 8 heteroatoms. The molecule has 1 aliphatic rings. The number of rotatable bonds is 5. The molecule has 1 aliphatic heterocycles. The normalized spacial score (nSPS) is 18.8. The first-order valence-electron chi connectivity index (χ1n) is 8.76. The minimum atomic E-state index is -3.06. The maximum absolute atomic E-state index is 12.2. The zero-order chi connectivity index (χ0) is 18.5. The van der Waals surface area contributed by atoms with Crippen molar-refractivity contribution in [1.82, 2.24) is 10.2 Å². The second-order valence-electron chi connectivity index (χ2n) is 6.75. The van der Waals surface area contributed by atoms with E-state index in [0.29, 0.717) is 26.2 Å². The number of nitrogens with one attached hydrogen (secondary N) is 1. The standard InChI is InChI=1S/C18H29N3O3S.HI/c1-5-19-17(21-11-12-25(22,23)18(3,4)14-21)20-13-15-7-9-16(10-8-15)24-6-2;/h7-10H,5-6,11-14H2,1-4H3,(H,19,20);1H. The molecular formula is C18H30IN3O3S. The van der Waals surface area contributed by atoms with E-state index in [0.717, 1.165) is 23.8 Å². The Morgan fingerprint density at radius 1 is 1.27 bits per heavy atom. The van der Waals surface area contributed by atoms with E-state index >= 15 is 0 Å². The van der Waals surface area contributed by atoms with Gasteiger partial charge in [0.15, 0.2) is 15.8 Å². The quantitative estimate of drug-likeness (QED) is 0.387. The highest BCUT2D eigenvalue weighted by Crippen LogP contribution is 2.24. The molecule has 1 heterocycles. The van der Waals surface area contributed by atoms with Gasteiger partial charge in [-0.3, -0.25) is 0 Å². The number of hydrogen-bond donors (Lipinski definition) is 1. The first-order valence-corrected chi connectivity index (χ1v) is 10.4. The zero-order valence-corrected chi connectivity index (χ0v) is 19.1. The molecule has 0 bridgehead atoms. The summed E-state index contributed by atoms with van der Waals surface area (Å²) >= 11 is 0. The summed E-state index contributed by atoms with van der Waals surface area (Å²) in [5.74, 6) is 1.78. The Balaban J connectivity index is 0.00000338. The first-order chi connectivity index (χ1) is 11.8. The van der Waals surface area contributed by atoms with Crippen LogP contribution >= 0.6 is 24.0 Å². The smallest absolute Gasteiger partial charge is 0.194 e. The molecule has 0 amide bonds. The molecule has 0 unspecified atom stereocenters. The van der Waals surface area contributed by atoms with E-state index in [-0.39, 0.29) is 29.7 Å². The Kier molecular flexibility index (Phi) is 8.65. The molecular weight excluding hydrogens is 465 g/mol. The van der Waals surface area contributed by atoms with Gasteiger partial charge < -0.3 is 15.0 Å². The van der Waals surface area contributed by atoms with Crippen LogP contribution in [0.4, 0.5) is 0 Å². The second kappa shape index (κ2) is 9.77. The number of nitrogens with zero attached hydrogens (tertiary/aromatic N) is 2. The van der Waals surface area contributed by atoms with Crippen molar-refractivity contribution in [3.63, 3.8) is 0 Å². The van der Waals surface area contributed by atoms with Crippen LogP contribution in [0, 0.1) is 0 Å². The van der Waals surface area contributed by atoms with Gasteiger partial charge in [0.25, 0.3) is 0 Å².